The molecule has 3 heteroatoms. The van der Waals surface area contributed by atoms with Gasteiger partial charge in [-0.3, -0.25) is 4.90 Å². The van der Waals surface area contributed by atoms with Crippen LogP contribution in [0.2, 0.25) is 5.02 Å². The van der Waals surface area contributed by atoms with E-state index in [0.29, 0.717) is 0 Å². The summed E-state index contributed by atoms with van der Waals surface area (Å²) in [7, 11) is 0. The van der Waals surface area contributed by atoms with Gasteiger partial charge in [-0.1, -0.05) is 23.7 Å². The van der Waals surface area contributed by atoms with E-state index >= 15 is 0 Å². The SMILES string of the molecule is Clc1ccc(C23CCCN2CCCO3)cc1. The second-order valence-electron chi connectivity index (χ2n) is 4.58. The molecule has 0 amide bonds. The van der Waals surface area contributed by atoms with Crippen molar-refractivity contribution in [3.05, 3.63) is 34.9 Å². The zero-order valence-electron chi connectivity index (χ0n) is 9.29. The standard InChI is InChI=1S/C13H16ClNO/c14-12-5-3-11(4-6-12)13-7-1-8-15(13)9-2-10-16-13/h3-6H,1-2,7-10H2. The van der Waals surface area contributed by atoms with E-state index in [4.69, 9.17) is 16.3 Å². The third-order valence-electron chi connectivity index (χ3n) is 3.66. The predicted molar refractivity (Wildman–Crippen MR) is 64.5 cm³/mol. The van der Waals surface area contributed by atoms with Crippen molar-refractivity contribution in [1.82, 2.24) is 4.90 Å². The molecule has 2 nitrogen and oxygen atoms in total. The van der Waals surface area contributed by atoms with Crippen molar-refractivity contribution in [3.63, 3.8) is 0 Å². The summed E-state index contributed by atoms with van der Waals surface area (Å²) in [6, 6.07) is 8.12. The van der Waals surface area contributed by atoms with Crippen molar-refractivity contribution in [1.29, 1.82) is 0 Å². The van der Waals surface area contributed by atoms with E-state index < -0.39 is 0 Å². The maximum atomic E-state index is 6.10. The summed E-state index contributed by atoms with van der Waals surface area (Å²) in [5, 5.41) is 0.792. The van der Waals surface area contributed by atoms with E-state index in [2.05, 4.69) is 17.0 Å². The highest BCUT2D eigenvalue weighted by Crippen LogP contribution is 2.42. The molecule has 2 aliphatic rings. The third-order valence-corrected chi connectivity index (χ3v) is 3.91. The van der Waals surface area contributed by atoms with Gasteiger partial charge in [0.2, 0.25) is 0 Å². The Morgan fingerprint density at radius 3 is 2.69 bits per heavy atom. The molecule has 16 heavy (non-hydrogen) atoms. The monoisotopic (exact) mass is 237 g/mol. The van der Waals surface area contributed by atoms with Crippen molar-refractivity contribution in [3.8, 4) is 0 Å². The molecule has 1 atom stereocenters. The van der Waals surface area contributed by atoms with Gasteiger partial charge in [-0.25, -0.2) is 0 Å². The van der Waals surface area contributed by atoms with Crippen LogP contribution < -0.4 is 0 Å². The van der Waals surface area contributed by atoms with Gasteiger partial charge in [0.15, 0.2) is 0 Å². The van der Waals surface area contributed by atoms with Crippen LogP contribution in [0.4, 0.5) is 0 Å². The summed E-state index contributed by atoms with van der Waals surface area (Å²) in [4.78, 5) is 2.47. The van der Waals surface area contributed by atoms with Gasteiger partial charge in [0.05, 0.1) is 6.61 Å². The van der Waals surface area contributed by atoms with E-state index in [1.54, 1.807) is 0 Å². The largest absolute Gasteiger partial charge is 0.356 e. The Morgan fingerprint density at radius 1 is 1.12 bits per heavy atom. The van der Waals surface area contributed by atoms with Gasteiger partial charge < -0.3 is 4.74 Å². The van der Waals surface area contributed by atoms with Gasteiger partial charge in [0, 0.05) is 18.1 Å². The second-order valence-corrected chi connectivity index (χ2v) is 5.02. The fourth-order valence-electron chi connectivity index (χ4n) is 2.92. The molecule has 2 aliphatic heterocycles. The first-order valence-corrected chi connectivity index (χ1v) is 6.34. The van der Waals surface area contributed by atoms with Crippen LogP contribution in [0.15, 0.2) is 24.3 Å². The fraction of sp³-hybridized carbons (Fsp3) is 0.538. The number of halogens is 1. The Kier molecular flexibility index (Phi) is 2.66. The summed E-state index contributed by atoms with van der Waals surface area (Å²) in [6.07, 6.45) is 3.48. The van der Waals surface area contributed by atoms with Crippen LogP contribution in [0.3, 0.4) is 0 Å². The number of fused-ring (bicyclic) bond motifs is 1. The van der Waals surface area contributed by atoms with Gasteiger partial charge in [0.1, 0.15) is 5.72 Å². The maximum Gasteiger partial charge on any atom is 0.147 e. The first-order valence-electron chi connectivity index (χ1n) is 5.96. The Morgan fingerprint density at radius 2 is 1.88 bits per heavy atom. The lowest BCUT2D eigenvalue weighted by Crippen LogP contribution is -2.48. The number of hydrogen-bond acceptors (Lipinski definition) is 2. The van der Waals surface area contributed by atoms with E-state index in [9.17, 15) is 0 Å². The van der Waals surface area contributed by atoms with Crippen LogP contribution in [0.25, 0.3) is 0 Å². The van der Waals surface area contributed by atoms with Gasteiger partial charge in [0.25, 0.3) is 0 Å². The molecule has 0 aromatic heterocycles. The highest BCUT2D eigenvalue weighted by molar-refractivity contribution is 6.30. The molecule has 86 valence electrons. The average Bonchev–Trinajstić information content (AvgIpc) is 2.74. The highest BCUT2D eigenvalue weighted by atomic mass is 35.5. The summed E-state index contributed by atoms with van der Waals surface area (Å²) in [5.74, 6) is 0. The Hall–Kier alpha value is -0.570. The summed E-state index contributed by atoms with van der Waals surface area (Å²) in [5.41, 5.74) is 1.11. The molecule has 2 saturated heterocycles. The van der Waals surface area contributed by atoms with Gasteiger partial charge >= 0.3 is 0 Å². The molecule has 0 saturated carbocycles. The molecule has 0 radical (unpaired) electrons. The Bertz CT molecular complexity index is 378. The normalized spacial score (nSPS) is 30.3. The second kappa shape index (κ2) is 4.02. The maximum absolute atomic E-state index is 6.10. The molecule has 1 aromatic carbocycles. The lowest BCUT2D eigenvalue weighted by Gasteiger charge is -2.42. The van der Waals surface area contributed by atoms with Crippen LogP contribution in [0.1, 0.15) is 24.8 Å². The lowest BCUT2D eigenvalue weighted by atomic mass is 9.98. The minimum Gasteiger partial charge on any atom is -0.356 e. The summed E-state index contributed by atoms with van der Waals surface area (Å²) in [6.45, 7) is 3.18. The molecule has 0 aliphatic carbocycles. The molecule has 3 rings (SSSR count). The van der Waals surface area contributed by atoms with E-state index in [1.807, 2.05) is 12.1 Å². The Balaban J connectivity index is 1.98. The molecular weight excluding hydrogens is 222 g/mol. The summed E-state index contributed by atoms with van der Waals surface area (Å²) >= 11 is 5.94. The van der Waals surface area contributed by atoms with Crippen molar-refractivity contribution >= 4 is 11.6 Å². The van der Waals surface area contributed by atoms with Crippen LogP contribution in [0.5, 0.6) is 0 Å². The topological polar surface area (TPSA) is 12.5 Å². The molecule has 2 fully saturated rings. The van der Waals surface area contributed by atoms with Gasteiger partial charge in [-0.05, 0) is 37.0 Å². The average molecular weight is 238 g/mol. The molecule has 0 spiro atoms. The highest BCUT2D eigenvalue weighted by Gasteiger charge is 2.45. The number of rotatable bonds is 1. The minimum absolute atomic E-state index is 0.150. The van der Waals surface area contributed by atoms with E-state index in [-0.39, 0.29) is 5.72 Å². The number of hydrogen-bond donors (Lipinski definition) is 0. The first-order chi connectivity index (χ1) is 7.81. The smallest absolute Gasteiger partial charge is 0.147 e. The molecule has 0 N–H and O–H groups in total. The van der Waals surface area contributed by atoms with Crippen molar-refractivity contribution in [2.24, 2.45) is 0 Å². The van der Waals surface area contributed by atoms with Crippen LogP contribution >= 0.6 is 11.6 Å². The third kappa shape index (κ3) is 1.56. The molecule has 1 aromatic rings. The number of benzene rings is 1. The Labute approximate surface area is 101 Å². The minimum atomic E-state index is -0.150. The first kappa shape index (κ1) is 10.6. The van der Waals surface area contributed by atoms with E-state index in [0.717, 1.165) is 37.6 Å². The zero-order chi connectivity index (χ0) is 11.0. The zero-order valence-corrected chi connectivity index (χ0v) is 10.0. The van der Waals surface area contributed by atoms with Gasteiger partial charge in [-0.2, -0.15) is 0 Å². The van der Waals surface area contributed by atoms with Gasteiger partial charge in [-0.15, -0.1) is 0 Å². The van der Waals surface area contributed by atoms with E-state index in [1.165, 1.54) is 12.0 Å². The number of nitrogens with zero attached hydrogens (tertiary/aromatic N) is 1. The molecule has 0 bridgehead atoms. The van der Waals surface area contributed by atoms with Crippen molar-refractivity contribution in [2.45, 2.75) is 25.0 Å². The predicted octanol–water partition coefficient (Wildman–Crippen LogP) is 3.01. The van der Waals surface area contributed by atoms with Crippen LogP contribution in [-0.2, 0) is 10.5 Å². The van der Waals surface area contributed by atoms with Crippen LogP contribution in [0, 0.1) is 0 Å². The van der Waals surface area contributed by atoms with Crippen molar-refractivity contribution in [2.75, 3.05) is 19.7 Å². The molecule has 1 unspecified atom stereocenters. The summed E-state index contributed by atoms with van der Waals surface area (Å²) < 4.78 is 6.10. The van der Waals surface area contributed by atoms with Crippen LogP contribution in [-0.4, -0.2) is 24.6 Å². The quantitative estimate of drug-likeness (QED) is 0.745. The lowest BCUT2D eigenvalue weighted by molar-refractivity contribution is -0.172. The fourth-order valence-corrected chi connectivity index (χ4v) is 3.05. The van der Waals surface area contributed by atoms with Crippen molar-refractivity contribution < 1.29 is 4.74 Å². The molecule has 2 heterocycles. The molecular formula is C13H16ClNO. The number of ether oxygens (including phenoxy) is 1.